The van der Waals surface area contributed by atoms with Gasteiger partial charge in [-0.2, -0.15) is 0 Å². The number of thioether (sulfide) groups is 1. The van der Waals surface area contributed by atoms with E-state index in [2.05, 4.69) is 4.99 Å². The van der Waals surface area contributed by atoms with E-state index in [-0.39, 0.29) is 12.5 Å². The monoisotopic (exact) mass is 454 g/mol. The van der Waals surface area contributed by atoms with Crippen molar-refractivity contribution in [2.75, 3.05) is 19.8 Å². The lowest BCUT2D eigenvalue weighted by Crippen LogP contribution is -2.28. The molecule has 3 rings (SSSR count). The molecule has 1 aliphatic rings. The first-order valence-corrected chi connectivity index (χ1v) is 10.7. The van der Waals surface area contributed by atoms with E-state index in [0.717, 1.165) is 5.56 Å². The molecule has 0 aromatic heterocycles. The summed E-state index contributed by atoms with van der Waals surface area (Å²) < 4.78 is 10.1. The van der Waals surface area contributed by atoms with E-state index in [0.29, 0.717) is 33.6 Å². The minimum absolute atomic E-state index is 0.163. The molecule has 1 heterocycles. The molecule has 2 aromatic rings. The molecule has 0 bridgehead atoms. The van der Waals surface area contributed by atoms with Gasteiger partial charge < -0.3 is 14.6 Å². The Labute approximate surface area is 189 Å². The summed E-state index contributed by atoms with van der Waals surface area (Å²) in [5.41, 5.74) is 1.71. The molecule has 0 saturated carbocycles. The van der Waals surface area contributed by atoms with Crippen molar-refractivity contribution < 1.29 is 29.0 Å². The van der Waals surface area contributed by atoms with Crippen LogP contribution in [0.1, 0.15) is 29.8 Å². The van der Waals surface area contributed by atoms with Crippen LogP contribution in [0, 0.1) is 0 Å². The van der Waals surface area contributed by atoms with Crippen molar-refractivity contribution in [2.24, 2.45) is 4.99 Å². The highest BCUT2D eigenvalue weighted by Gasteiger charge is 2.32. The Kier molecular flexibility index (Phi) is 7.67. The second-order valence-electron chi connectivity index (χ2n) is 6.58. The summed E-state index contributed by atoms with van der Waals surface area (Å²) in [5, 5.41) is 9.20. The van der Waals surface area contributed by atoms with Crippen LogP contribution in [0.5, 0.6) is 5.75 Å². The van der Waals surface area contributed by atoms with Crippen molar-refractivity contribution in [3.05, 3.63) is 64.6 Å². The Hall–Kier alpha value is -3.59. The number of carboxylic acid groups (broad SMARTS) is 1. The quantitative estimate of drug-likeness (QED) is 0.475. The molecule has 1 amide bonds. The third-order valence-electron chi connectivity index (χ3n) is 4.33. The number of hydrogen-bond acceptors (Lipinski definition) is 7. The number of likely N-dealkylation sites (N-methyl/N-ethyl adjacent to an activating group) is 1. The van der Waals surface area contributed by atoms with Gasteiger partial charge in [-0.25, -0.2) is 14.6 Å². The van der Waals surface area contributed by atoms with Crippen LogP contribution in [0.3, 0.4) is 0 Å². The normalized spacial score (nSPS) is 15.9. The molecule has 166 valence electrons. The van der Waals surface area contributed by atoms with E-state index < -0.39 is 18.5 Å². The molecule has 1 aliphatic heterocycles. The second kappa shape index (κ2) is 10.6. The van der Waals surface area contributed by atoms with Crippen LogP contribution in [0.25, 0.3) is 6.08 Å². The number of amidine groups is 1. The summed E-state index contributed by atoms with van der Waals surface area (Å²) in [7, 11) is 0. The molecule has 1 fully saturated rings. The summed E-state index contributed by atoms with van der Waals surface area (Å²) >= 11 is 1.25. The van der Waals surface area contributed by atoms with E-state index in [4.69, 9.17) is 14.6 Å². The molecule has 1 N–H and O–H groups in total. The summed E-state index contributed by atoms with van der Waals surface area (Å²) in [5.74, 6) is -1.21. The largest absolute Gasteiger partial charge is 0.482 e. The molecule has 2 aromatic carbocycles. The molecule has 0 aliphatic carbocycles. The fourth-order valence-electron chi connectivity index (χ4n) is 2.85. The number of nitrogens with zero attached hydrogens (tertiary/aromatic N) is 2. The van der Waals surface area contributed by atoms with Gasteiger partial charge in [0.05, 0.1) is 22.8 Å². The summed E-state index contributed by atoms with van der Waals surface area (Å²) in [4.78, 5) is 42.0. The first-order valence-electron chi connectivity index (χ1n) is 9.93. The highest BCUT2D eigenvalue weighted by molar-refractivity contribution is 8.18. The first-order chi connectivity index (χ1) is 15.4. The van der Waals surface area contributed by atoms with Gasteiger partial charge in [-0.15, -0.1) is 0 Å². The highest BCUT2D eigenvalue weighted by atomic mass is 32.2. The van der Waals surface area contributed by atoms with Crippen LogP contribution in [0.15, 0.2) is 58.4 Å². The molecule has 0 unspecified atom stereocenters. The Morgan fingerprint density at radius 2 is 1.91 bits per heavy atom. The molecular formula is C23H22N2O6S. The van der Waals surface area contributed by atoms with Gasteiger partial charge >= 0.3 is 11.9 Å². The fraction of sp³-hybridized carbons (Fsp3) is 0.217. The van der Waals surface area contributed by atoms with Crippen molar-refractivity contribution in [1.82, 2.24) is 4.90 Å². The van der Waals surface area contributed by atoms with E-state index >= 15 is 0 Å². The average Bonchev–Trinajstić information content (AvgIpc) is 3.07. The van der Waals surface area contributed by atoms with Crippen molar-refractivity contribution in [1.29, 1.82) is 0 Å². The number of aliphatic imine (C=N–C) groups is 1. The van der Waals surface area contributed by atoms with Crippen molar-refractivity contribution in [3.8, 4) is 5.75 Å². The van der Waals surface area contributed by atoms with E-state index in [9.17, 15) is 14.4 Å². The lowest BCUT2D eigenvalue weighted by Gasteiger charge is -2.12. The van der Waals surface area contributed by atoms with Crippen LogP contribution in [0.2, 0.25) is 0 Å². The zero-order valence-electron chi connectivity index (χ0n) is 17.6. The maximum Gasteiger partial charge on any atom is 0.341 e. The zero-order chi connectivity index (χ0) is 23.1. The molecule has 8 nitrogen and oxygen atoms in total. The van der Waals surface area contributed by atoms with Gasteiger partial charge in [0.25, 0.3) is 5.91 Å². The number of carboxylic acids is 1. The molecule has 9 heteroatoms. The first kappa shape index (κ1) is 23.1. The number of carbonyl (C=O) groups excluding carboxylic acids is 2. The van der Waals surface area contributed by atoms with Crippen LogP contribution in [-0.4, -0.2) is 52.8 Å². The molecule has 0 atom stereocenters. The third-order valence-corrected chi connectivity index (χ3v) is 5.33. The minimum Gasteiger partial charge on any atom is -0.482 e. The lowest BCUT2D eigenvalue weighted by molar-refractivity contribution is -0.139. The SMILES string of the molecule is CCOC(=O)c1cccc(N=C2SC(=Cc3ccc(OCC(=O)O)cc3)C(=O)N2CC)c1. The summed E-state index contributed by atoms with van der Waals surface area (Å²) in [6.07, 6.45) is 1.74. The van der Waals surface area contributed by atoms with Gasteiger partial charge in [-0.1, -0.05) is 18.2 Å². The predicted octanol–water partition coefficient (Wildman–Crippen LogP) is 3.95. The van der Waals surface area contributed by atoms with Gasteiger partial charge in [-0.05, 0) is 67.6 Å². The molecule has 0 radical (unpaired) electrons. The number of carbonyl (C=O) groups is 3. The smallest absolute Gasteiger partial charge is 0.341 e. The Morgan fingerprint density at radius 3 is 2.56 bits per heavy atom. The number of amides is 1. The number of aliphatic carboxylic acids is 1. The predicted molar refractivity (Wildman–Crippen MR) is 122 cm³/mol. The lowest BCUT2D eigenvalue weighted by atomic mass is 10.2. The maximum atomic E-state index is 12.8. The standard InChI is InChI=1S/C23H22N2O6S/c1-3-25-21(28)19(12-15-8-10-18(11-9-15)31-14-20(26)27)32-23(25)24-17-7-5-6-16(13-17)22(29)30-4-2/h5-13H,3-4,14H2,1-2H3,(H,26,27). The second-order valence-corrected chi connectivity index (χ2v) is 7.59. The number of benzene rings is 2. The average molecular weight is 455 g/mol. The van der Waals surface area contributed by atoms with Gasteiger partial charge in [0.2, 0.25) is 0 Å². The number of esters is 1. The van der Waals surface area contributed by atoms with Crippen molar-refractivity contribution >= 4 is 46.5 Å². The van der Waals surface area contributed by atoms with E-state index in [1.165, 1.54) is 11.8 Å². The van der Waals surface area contributed by atoms with Crippen molar-refractivity contribution in [3.63, 3.8) is 0 Å². The third kappa shape index (κ3) is 5.76. The molecule has 0 spiro atoms. The summed E-state index contributed by atoms with van der Waals surface area (Å²) in [6, 6.07) is 13.5. The van der Waals surface area contributed by atoms with Gasteiger partial charge in [0, 0.05) is 6.54 Å². The van der Waals surface area contributed by atoms with Crippen LogP contribution >= 0.6 is 11.8 Å². The number of ether oxygens (including phenoxy) is 2. The Bertz CT molecular complexity index is 1080. The minimum atomic E-state index is -1.05. The zero-order valence-corrected chi connectivity index (χ0v) is 18.4. The Morgan fingerprint density at radius 1 is 1.16 bits per heavy atom. The van der Waals surface area contributed by atoms with Gasteiger partial charge in [0.15, 0.2) is 11.8 Å². The molecular weight excluding hydrogens is 432 g/mol. The topological polar surface area (TPSA) is 106 Å². The van der Waals surface area contributed by atoms with E-state index in [1.54, 1.807) is 66.4 Å². The Balaban J connectivity index is 1.81. The summed E-state index contributed by atoms with van der Waals surface area (Å²) in [6.45, 7) is 3.91. The fourth-order valence-corrected chi connectivity index (χ4v) is 3.92. The molecule has 32 heavy (non-hydrogen) atoms. The van der Waals surface area contributed by atoms with E-state index in [1.807, 2.05) is 6.92 Å². The van der Waals surface area contributed by atoms with Crippen LogP contribution in [0.4, 0.5) is 5.69 Å². The van der Waals surface area contributed by atoms with Crippen molar-refractivity contribution in [2.45, 2.75) is 13.8 Å². The van der Waals surface area contributed by atoms with Gasteiger partial charge in [0.1, 0.15) is 5.75 Å². The maximum absolute atomic E-state index is 12.8. The van der Waals surface area contributed by atoms with Crippen LogP contribution < -0.4 is 4.74 Å². The highest BCUT2D eigenvalue weighted by Crippen LogP contribution is 2.34. The van der Waals surface area contributed by atoms with Crippen LogP contribution in [-0.2, 0) is 14.3 Å². The number of hydrogen-bond donors (Lipinski definition) is 1. The molecule has 1 saturated heterocycles. The number of rotatable bonds is 8. The van der Waals surface area contributed by atoms with Gasteiger partial charge in [-0.3, -0.25) is 9.69 Å².